The van der Waals surface area contributed by atoms with Crippen LogP contribution in [0, 0.1) is 0 Å². The van der Waals surface area contributed by atoms with Crippen LogP contribution in [0.3, 0.4) is 0 Å². The summed E-state index contributed by atoms with van der Waals surface area (Å²) in [4.78, 5) is 0. The number of benzene rings is 1. The van der Waals surface area contributed by atoms with Crippen molar-refractivity contribution in [2.24, 2.45) is 5.73 Å². The molecule has 0 aliphatic carbocycles. The zero-order valence-corrected chi connectivity index (χ0v) is 11.4. The zero-order valence-electron chi connectivity index (χ0n) is 8.21. The first-order valence-electron chi connectivity index (χ1n) is 4.60. The van der Waals surface area contributed by atoms with Gasteiger partial charge in [-0.1, -0.05) is 22.0 Å². The molecular formula is C11H13Br2NO. The number of allylic oxidation sites excluding steroid dienone is 1. The van der Waals surface area contributed by atoms with E-state index in [-0.39, 0.29) is 11.8 Å². The van der Waals surface area contributed by atoms with Crippen LogP contribution in [-0.4, -0.2) is 5.11 Å². The highest BCUT2D eigenvalue weighted by Crippen LogP contribution is 2.35. The molecule has 0 spiro atoms. The van der Waals surface area contributed by atoms with Crippen LogP contribution in [0.15, 0.2) is 33.7 Å². The molecule has 0 fully saturated rings. The van der Waals surface area contributed by atoms with Crippen molar-refractivity contribution in [3.63, 3.8) is 0 Å². The monoisotopic (exact) mass is 333 g/mol. The molecule has 1 aromatic rings. The maximum Gasteiger partial charge on any atom is 0.134 e. The Balaban J connectivity index is 2.96. The average Bonchev–Trinajstić information content (AvgIpc) is 2.19. The Morgan fingerprint density at radius 2 is 2.13 bits per heavy atom. The van der Waals surface area contributed by atoms with Crippen molar-refractivity contribution < 1.29 is 5.11 Å². The van der Waals surface area contributed by atoms with Crippen LogP contribution >= 0.6 is 31.9 Å². The molecule has 2 nitrogen and oxygen atoms in total. The third-order valence-corrected chi connectivity index (χ3v) is 3.20. The molecule has 1 aromatic carbocycles. The molecule has 0 saturated heterocycles. The van der Waals surface area contributed by atoms with Gasteiger partial charge in [0.25, 0.3) is 0 Å². The summed E-state index contributed by atoms with van der Waals surface area (Å²) in [5, 5.41) is 9.82. The second-order valence-electron chi connectivity index (χ2n) is 3.30. The van der Waals surface area contributed by atoms with E-state index in [1.807, 2.05) is 12.1 Å². The van der Waals surface area contributed by atoms with Gasteiger partial charge in [0.2, 0.25) is 0 Å². The van der Waals surface area contributed by atoms with E-state index in [9.17, 15) is 5.11 Å². The van der Waals surface area contributed by atoms with Crippen molar-refractivity contribution >= 4 is 31.9 Å². The Morgan fingerprint density at radius 3 is 2.73 bits per heavy atom. The third kappa shape index (κ3) is 3.33. The summed E-state index contributed by atoms with van der Waals surface area (Å²) in [5.74, 6) is 0.217. The maximum atomic E-state index is 9.82. The molecule has 0 unspecified atom stereocenters. The fourth-order valence-corrected chi connectivity index (χ4v) is 2.58. The van der Waals surface area contributed by atoms with Crippen molar-refractivity contribution in [2.45, 2.75) is 18.9 Å². The summed E-state index contributed by atoms with van der Waals surface area (Å²) in [6.45, 7) is 3.65. The maximum absolute atomic E-state index is 9.82. The number of phenolic OH excluding ortho intramolecular Hbond substituents is 1. The molecule has 0 saturated carbocycles. The van der Waals surface area contributed by atoms with E-state index in [1.54, 1.807) is 6.07 Å². The van der Waals surface area contributed by atoms with Gasteiger partial charge in [-0.15, -0.1) is 6.58 Å². The van der Waals surface area contributed by atoms with Crippen molar-refractivity contribution in [1.82, 2.24) is 0 Å². The van der Waals surface area contributed by atoms with Crippen molar-refractivity contribution in [1.29, 1.82) is 0 Å². The molecule has 4 heteroatoms. The van der Waals surface area contributed by atoms with Crippen molar-refractivity contribution in [3.05, 3.63) is 39.3 Å². The number of aromatic hydroxyl groups is 1. The lowest BCUT2D eigenvalue weighted by Gasteiger charge is -2.14. The summed E-state index contributed by atoms with van der Waals surface area (Å²) in [7, 11) is 0. The molecule has 0 amide bonds. The molecular weight excluding hydrogens is 322 g/mol. The van der Waals surface area contributed by atoms with E-state index in [0.717, 1.165) is 22.9 Å². The van der Waals surface area contributed by atoms with Crippen molar-refractivity contribution in [2.75, 3.05) is 0 Å². The van der Waals surface area contributed by atoms with Gasteiger partial charge in [0, 0.05) is 16.1 Å². The number of nitrogens with two attached hydrogens (primary N) is 1. The van der Waals surface area contributed by atoms with Crippen LogP contribution in [0.2, 0.25) is 0 Å². The largest absolute Gasteiger partial charge is 0.506 e. The number of phenols is 1. The minimum atomic E-state index is -0.170. The lowest BCUT2D eigenvalue weighted by Crippen LogP contribution is -2.10. The van der Waals surface area contributed by atoms with Gasteiger partial charge in [0.1, 0.15) is 5.75 Å². The van der Waals surface area contributed by atoms with E-state index in [1.165, 1.54) is 0 Å². The van der Waals surface area contributed by atoms with Crippen molar-refractivity contribution in [3.8, 4) is 5.75 Å². The molecule has 0 heterocycles. The van der Waals surface area contributed by atoms with Gasteiger partial charge in [-0.3, -0.25) is 0 Å². The summed E-state index contributed by atoms with van der Waals surface area (Å²) >= 11 is 6.64. The van der Waals surface area contributed by atoms with Crippen LogP contribution < -0.4 is 5.73 Å². The highest BCUT2D eigenvalue weighted by molar-refractivity contribution is 9.11. The molecule has 1 atom stereocenters. The fourth-order valence-electron chi connectivity index (χ4n) is 1.32. The fraction of sp³-hybridized carbons (Fsp3) is 0.273. The first kappa shape index (κ1) is 12.7. The standard InChI is InChI=1S/C11H13Br2NO/c1-2-3-4-10(14)8-5-7(12)6-9(13)11(8)15/h2,5-6,10,15H,1,3-4,14H2/t10-/m0/s1. The SMILES string of the molecule is C=CCC[C@H](N)c1cc(Br)cc(Br)c1O. The predicted octanol–water partition coefficient (Wildman–Crippen LogP) is 3.88. The summed E-state index contributed by atoms with van der Waals surface area (Å²) in [6.07, 6.45) is 3.44. The summed E-state index contributed by atoms with van der Waals surface area (Å²) < 4.78 is 1.55. The minimum Gasteiger partial charge on any atom is -0.506 e. The molecule has 0 aromatic heterocycles. The normalized spacial score (nSPS) is 12.5. The third-order valence-electron chi connectivity index (χ3n) is 2.14. The van der Waals surface area contributed by atoms with Crippen LogP contribution in [0.25, 0.3) is 0 Å². The molecule has 3 N–H and O–H groups in total. The quantitative estimate of drug-likeness (QED) is 0.821. The lowest BCUT2D eigenvalue weighted by atomic mass is 10.0. The van der Waals surface area contributed by atoms with Gasteiger partial charge in [-0.2, -0.15) is 0 Å². The van der Waals surface area contributed by atoms with Gasteiger partial charge in [-0.25, -0.2) is 0 Å². The Morgan fingerprint density at radius 1 is 1.47 bits per heavy atom. The second kappa shape index (κ2) is 5.68. The first-order valence-corrected chi connectivity index (χ1v) is 6.19. The van der Waals surface area contributed by atoms with Crippen LogP contribution in [0.5, 0.6) is 5.75 Å². The van der Waals surface area contributed by atoms with E-state index < -0.39 is 0 Å². The van der Waals surface area contributed by atoms with E-state index in [4.69, 9.17) is 5.73 Å². The highest BCUT2D eigenvalue weighted by Gasteiger charge is 2.13. The lowest BCUT2D eigenvalue weighted by molar-refractivity contribution is 0.455. The zero-order chi connectivity index (χ0) is 11.4. The number of rotatable bonds is 4. The second-order valence-corrected chi connectivity index (χ2v) is 5.07. The first-order chi connectivity index (χ1) is 7.06. The minimum absolute atomic E-state index is 0.170. The van der Waals surface area contributed by atoms with Crippen LogP contribution in [0.1, 0.15) is 24.4 Å². The predicted molar refractivity (Wildman–Crippen MR) is 69.9 cm³/mol. The molecule has 0 aliphatic rings. The van der Waals surface area contributed by atoms with E-state index >= 15 is 0 Å². The molecule has 0 aliphatic heterocycles. The average molecular weight is 335 g/mol. The number of hydrogen-bond donors (Lipinski definition) is 2. The van der Waals surface area contributed by atoms with Gasteiger partial charge in [-0.05, 0) is 40.9 Å². The molecule has 15 heavy (non-hydrogen) atoms. The topological polar surface area (TPSA) is 46.2 Å². The van der Waals surface area contributed by atoms with Crippen LogP contribution in [-0.2, 0) is 0 Å². The number of hydrogen-bond acceptors (Lipinski definition) is 2. The highest BCUT2D eigenvalue weighted by atomic mass is 79.9. The van der Waals surface area contributed by atoms with Gasteiger partial charge in [0.05, 0.1) is 4.47 Å². The summed E-state index contributed by atoms with van der Waals surface area (Å²) in [5.41, 5.74) is 6.72. The summed E-state index contributed by atoms with van der Waals surface area (Å²) in [6, 6.07) is 3.46. The Hall–Kier alpha value is -0.320. The van der Waals surface area contributed by atoms with Crippen LogP contribution in [0.4, 0.5) is 0 Å². The number of halogens is 2. The molecule has 82 valence electrons. The smallest absolute Gasteiger partial charge is 0.134 e. The molecule has 1 rings (SSSR count). The molecule has 0 radical (unpaired) electrons. The van der Waals surface area contributed by atoms with Gasteiger partial charge >= 0.3 is 0 Å². The van der Waals surface area contributed by atoms with E-state index in [2.05, 4.69) is 38.4 Å². The van der Waals surface area contributed by atoms with E-state index in [0.29, 0.717) is 4.47 Å². The Labute approximate surface area is 106 Å². The van der Waals surface area contributed by atoms with Gasteiger partial charge < -0.3 is 10.8 Å². The Bertz CT molecular complexity index is 366. The molecule has 0 bridgehead atoms. The van der Waals surface area contributed by atoms with Gasteiger partial charge in [0.15, 0.2) is 0 Å². The Kier molecular flexibility index (Phi) is 4.83.